The van der Waals surface area contributed by atoms with Crippen LogP contribution >= 0.6 is 0 Å². The van der Waals surface area contributed by atoms with E-state index in [-0.39, 0.29) is 23.9 Å². The van der Waals surface area contributed by atoms with Crippen LogP contribution in [0.3, 0.4) is 0 Å². The molecule has 0 N–H and O–H groups in total. The number of carbonyl (C=O) groups is 2. The highest BCUT2D eigenvalue weighted by Gasteiger charge is 2.45. The van der Waals surface area contributed by atoms with Gasteiger partial charge < -0.3 is 4.90 Å². The molecule has 0 spiro atoms. The molecule has 1 saturated carbocycles. The fraction of sp³-hybridized carbons (Fsp3) is 0.867. The molecule has 0 aromatic carbocycles. The van der Waals surface area contributed by atoms with Gasteiger partial charge in [-0.05, 0) is 19.9 Å². The van der Waals surface area contributed by atoms with Gasteiger partial charge in [0.2, 0.25) is 11.8 Å². The van der Waals surface area contributed by atoms with Crippen molar-refractivity contribution in [2.75, 3.05) is 33.2 Å². The molecule has 1 atom stereocenters. The fourth-order valence-corrected chi connectivity index (χ4v) is 3.78. The first kappa shape index (κ1) is 14.0. The molecule has 3 rings (SSSR count). The third-order valence-corrected chi connectivity index (χ3v) is 5.08. The largest absolute Gasteiger partial charge is 0.304 e. The van der Waals surface area contributed by atoms with Gasteiger partial charge in [-0.3, -0.25) is 19.4 Å². The second-order valence-corrected chi connectivity index (χ2v) is 6.45. The average molecular weight is 279 g/mol. The SMILES string of the molecule is CN1CCN([C@@H]2CC(=O)N(C3CCCCC3)C2=O)CC1. The van der Waals surface area contributed by atoms with Crippen LogP contribution in [0.2, 0.25) is 0 Å². The summed E-state index contributed by atoms with van der Waals surface area (Å²) in [4.78, 5) is 31.0. The summed E-state index contributed by atoms with van der Waals surface area (Å²) in [5, 5.41) is 0. The molecule has 0 unspecified atom stereocenters. The third-order valence-electron chi connectivity index (χ3n) is 5.08. The summed E-state index contributed by atoms with van der Waals surface area (Å²) in [7, 11) is 2.10. The molecule has 0 aromatic rings. The zero-order chi connectivity index (χ0) is 14.1. The maximum absolute atomic E-state index is 12.6. The van der Waals surface area contributed by atoms with Gasteiger partial charge in [0.1, 0.15) is 0 Å². The van der Waals surface area contributed by atoms with Crippen LogP contribution in [0.5, 0.6) is 0 Å². The molecule has 3 fully saturated rings. The van der Waals surface area contributed by atoms with Crippen molar-refractivity contribution in [1.82, 2.24) is 14.7 Å². The Balaban J connectivity index is 1.66. The standard InChI is InChI=1S/C15H25N3O2/c1-16-7-9-17(10-8-16)13-11-14(19)18(15(13)20)12-5-3-2-4-6-12/h12-13H,2-11H2,1H3/t13-/m1/s1. The lowest BCUT2D eigenvalue weighted by Crippen LogP contribution is -2.52. The summed E-state index contributed by atoms with van der Waals surface area (Å²) >= 11 is 0. The first-order chi connectivity index (χ1) is 9.66. The number of carbonyl (C=O) groups excluding carboxylic acids is 2. The molecule has 5 heteroatoms. The molecule has 5 nitrogen and oxygen atoms in total. The average Bonchev–Trinajstić information content (AvgIpc) is 2.76. The van der Waals surface area contributed by atoms with Gasteiger partial charge in [0.25, 0.3) is 0 Å². The predicted octanol–water partition coefficient (Wildman–Crippen LogP) is 0.694. The van der Waals surface area contributed by atoms with E-state index >= 15 is 0 Å². The Hall–Kier alpha value is -0.940. The number of rotatable bonds is 2. The van der Waals surface area contributed by atoms with Crippen molar-refractivity contribution in [3.8, 4) is 0 Å². The lowest BCUT2D eigenvalue weighted by atomic mass is 9.94. The van der Waals surface area contributed by atoms with E-state index in [1.165, 1.54) is 6.42 Å². The smallest absolute Gasteiger partial charge is 0.247 e. The van der Waals surface area contributed by atoms with Crippen molar-refractivity contribution in [3.05, 3.63) is 0 Å². The molecule has 2 amide bonds. The highest BCUT2D eigenvalue weighted by molar-refractivity contribution is 6.05. The van der Waals surface area contributed by atoms with Crippen molar-refractivity contribution >= 4 is 11.8 Å². The van der Waals surface area contributed by atoms with Crippen LogP contribution in [0.4, 0.5) is 0 Å². The lowest BCUT2D eigenvalue weighted by Gasteiger charge is -2.36. The summed E-state index contributed by atoms with van der Waals surface area (Å²) in [6.07, 6.45) is 5.97. The Morgan fingerprint density at radius 1 is 0.950 bits per heavy atom. The van der Waals surface area contributed by atoms with Crippen molar-refractivity contribution in [1.29, 1.82) is 0 Å². The topological polar surface area (TPSA) is 43.9 Å². The number of nitrogens with zero attached hydrogens (tertiary/aromatic N) is 3. The lowest BCUT2D eigenvalue weighted by molar-refractivity contribution is -0.143. The Morgan fingerprint density at radius 3 is 2.25 bits per heavy atom. The maximum atomic E-state index is 12.6. The molecule has 2 heterocycles. The summed E-state index contributed by atoms with van der Waals surface area (Å²) in [6.45, 7) is 3.78. The zero-order valence-electron chi connectivity index (χ0n) is 12.4. The Labute approximate surface area is 120 Å². The molecule has 1 aliphatic carbocycles. The summed E-state index contributed by atoms with van der Waals surface area (Å²) < 4.78 is 0. The number of hydrogen-bond acceptors (Lipinski definition) is 4. The van der Waals surface area contributed by atoms with Crippen molar-refractivity contribution in [2.45, 2.75) is 50.6 Å². The van der Waals surface area contributed by atoms with Crippen LogP contribution in [0.1, 0.15) is 38.5 Å². The van der Waals surface area contributed by atoms with Gasteiger partial charge in [0.15, 0.2) is 0 Å². The number of imide groups is 1. The second-order valence-electron chi connectivity index (χ2n) is 6.45. The van der Waals surface area contributed by atoms with E-state index in [0.29, 0.717) is 6.42 Å². The monoisotopic (exact) mass is 279 g/mol. The van der Waals surface area contributed by atoms with Crippen LogP contribution < -0.4 is 0 Å². The number of hydrogen-bond donors (Lipinski definition) is 0. The molecule has 2 aliphatic heterocycles. The summed E-state index contributed by atoms with van der Waals surface area (Å²) in [5.74, 6) is 0.136. The molecular weight excluding hydrogens is 254 g/mol. The molecule has 0 radical (unpaired) electrons. The number of likely N-dealkylation sites (N-methyl/N-ethyl adjacent to an activating group) is 1. The molecular formula is C15H25N3O2. The van der Waals surface area contributed by atoms with Gasteiger partial charge in [0, 0.05) is 32.2 Å². The number of likely N-dealkylation sites (tertiary alicyclic amines) is 1. The number of piperazine rings is 1. The van der Waals surface area contributed by atoms with E-state index in [1.807, 2.05) is 0 Å². The minimum atomic E-state index is -0.182. The van der Waals surface area contributed by atoms with Crippen molar-refractivity contribution in [3.63, 3.8) is 0 Å². The van der Waals surface area contributed by atoms with E-state index in [1.54, 1.807) is 4.90 Å². The first-order valence-corrected chi connectivity index (χ1v) is 7.95. The predicted molar refractivity (Wildman–Crippen MR) is 76.2 cm³/mol. The quantitative estimate of drug-likeness (QED) is 0.698. The highest BCUT2D eigenvalue weighted by Crippen LogP contribution is 2.29. The van der Waals surface area contributed by atoms with Gasteiger partial charge in [-0.1, -0.05) is 19.3 Å². The van der Waals surface area contributed by atoms with Gasteiger partial charge >= 0.3 is 0 Å². The highest BCUT2D eigenvalue weighted by atomic mass is 16.2. The summed E-state index contributed by atoms with van der Waals surface area (Å²) in [5.41, 5.74) is 0. The van der Waals surface area contributed by atoms with E-state index in [2.05, 4.69) is 16.8 Å². The molecule has 112 valence electrons. The van der Waals surface area contributed by atoms with Gasteiger partial charge in [-0.25, -0.2) is 0 Å². The van der Waals surface area contributed by atoms with Crippen LogP contribution in [0.15, 0.2) is 0 Å². The van der Waals surface area contributed by atoms with E-state index in [4.69, 9.17) is 0 Å². The zero-order valence-corrected chi connectivity index (χ0v) is 12.4. The minimum Gasteiger partial charge on any atom is -0.304 e. The van der Waals surface area contributed by atoms with Crippen LogP contribution in [0.25, 0.3) is 0 Å². The normalized spacial score (nSPS) is 31.2. The molecule has 20 heavy (non-hydrogen) atoms. The van der Waals surface area contributed by atoms with Crippen molar-refractivity contribution < 1.29 is 9.59 Å². The Kier molecular flexibility index (Phi) is 4.08. The van der Waals surface area contributed by atoms with Gasteiger partial charge in [-0.2, -0.15) is 0 Å². The molecule has 2 saturated heterocycles. The number of amides is 2. The maximum Gasteiger partial charge on any atom is 0.247 e. The fourth-order valence-electron chi connectivity index (χ4n) is 3.78. The summed E-state index contributed by atoms with van der Waals surface area (Å²) in [6, 6.07) is -0.000610. The third kappa shape index (κ3) is 2.61. The molecule has 3 aliphatic rings. The van der Waals surface area contributed by atoms with Crippen LogP contribution in [-0.2, 0) is 9.59 Å². The minimum absolute atomic E-state index is 0.0610. The van der Waals surface area contributed by atoms with E-state index in [0.717, 1.165) is 51.9 Å². The second kappa shape index (κ2) is 5.82. The van der Waals surface area contributed by atoms with Gasteiger partial charge in [0.05, 0.1) is 12.5 Å². The van der Waals surface area contributed by atoms with Crippen LogP contribution in [-0.4, -0.2) is 71.8 Å². The molecule has 0 aromatic heterocycles. The Bertz CT molecular complexity index is 385. The van der Waals surface area contributed by atoms with Crippen molar-refractivity contribution in [2.24, 2.45) is 0 Å². The van der Waals surface area contributed by atoms with E-state index < -0.39 is 0 Å². The van der Waals surface area contributed by atoms with Crippen LogP contribution in [0, 0.1) is 0 Å². The van der Waals surface area contributed by atoms with E-state index in [9.17, 15) is 9.59 Å². The molecule has 0 bridgehead atoms. The van der Waals surface area contributed by atoms with Gasteiger partial charge in [-0.15, -0.1) is 0 Å². The Morgan fingerprint density at radius 2 is 1.60 bits per heavy atom. The first-order valence-electron chi connectivity index (χ1n) is 7.95.